The van der Waals surface area contributed by atoms with Crippen LogP contribution in [0.15, 0.2) is 30.3 Å². The molecule has 2 heterocycles. The predicted octanol–water partition coefficient (Wildman–Crippen LogP) is 3.89. The van der Waals surface area contributed by atoms with E-state index in [4.69, 9.17) is 14.5 Å². The summed E-state index contributed by atoms with van der Waals surface area (Å²) in [7, 11) is 3.17. The number of amides is 1. The van der Waals surface area contributed by atoms with Crippen LogP contribution in [-0.4, -0.2) is 56.2 Å². The van der Waals surface area contributed by atoms with Crippen molar-refractivity contribution in [2.45, 2.75) is 13.8 Å². The molecule has 0 spiro atoms. The number of anilines is 1. The number of fused-ring (bicyclic) bond motifs is 1. The molecule has 29 heavy (non-hydrogen) atoms. The Morgan fingerprint density at radius 3 is 2.24 bits per heavy atom. The molecule has 0 radical (unpaired) electrons. The van der Waals surface area contributed by atoms with Crippen molar-refractivity contribution in [2.75, 3.05) is 45.3 Å². The number of methoxy groups -OCH3 is 2. The summed E-state index contributed by atoms with van der Waals surface area (Å²) in [6.45, 7) is 7.09. The van der Waals surface area contributed by atoms with Crippen LogP contribution in [-0.2, 0) is 0 Å². The Morgan fingerprint density at radius 1 is 0.966 bits per heavy atom. The Morgan fingerprint density at radius 2 is 1.62 bits per heavy atom. The first-order valence-corrected chi connectivity index (χ1v) is 10.4. The Labute approximate surface area is 174 Å². The number of ether oxygens (including phenoxy) is 2. The lowest BCUT2D eigenvalue weighted by Gasteiger charge is -2.34. The van der Waals surface area contributed by atoms with Crippen LogP contribution in [0.3, 0.4) is 0 Å². The fraction of sp³-hybridized carbons (Fsp3) is 0.364. The van der Waals surface area contributed by atoms with Crippen LogP contribution in [0, 0.1) is 13.8 Å². The number of piperazine rings is 1. The highest BCUT2D eigenvalue weighted by Gasteiger charge is 2.25. The fourth-order valence-corrected chi connectivity index (χ4v) is 4.78. The second kappa shape index (κ2) is 7.91. The fourth-order valence-electron chi connectivity index (χ4n) is 3.71. The lowest BCUT2D eigenvalue weighted by atomic mass is 10.1. The van der Waals surface area contributed by atoms with Gasteiger partial charge < -0.3 is 19.3 Å². The van der Waals surface area contributed by atoms with Gasteiger partial charge in [-0.3, -0.25) is 4.79 Å². The van der Waals surface area contributed by atoms with Crippen molar-refractivity contribution in [1.82, 2.24) is 9.88 Å². The lowest BCUT2D eigenvalue weighted by Crippen LogP contribution is -2.48. The third-order valence-electron chi connectivity index (χ3n) is 5.24. The zero-order valence-electron chi connectivity index (χ0n) is 17.2. The molecule has 0 bridgehead atoms. The largest absolute Gasteiger partial charge is 0.497 e. The maximum atomic E-state index is 13.0. The molecular formula is C22H25N3O3S. The van der Waals surface area contributed by atoms with Crippen molar-refractivity contribution in [3.63, 3.8) is 0 Å². The van der Waals surface area contributed by atoms with Gasteiger partial charge in [0.15, 0.2) is 5.13 Å². The van der Waals surface area contributed by atoms with Crippen molar-refractivity contribution in [1.29, 1.82) is 0 Å². The van der Waals surface area contributed by atoms with Crippen LogP contribution in [0.1, 0.15) is 21.5 Å². The van der Waals surface area contributed by atoms with Crippen LogP contribution in [0.25, 0.3) is 10.2 Å². The smallest absolute Gasteiger partial charge is 0.254 e. The standard InChI is InChI=1S/C22H25N3O3S/c1-14-9-15(2)20-19(10-14)23-22(29-20)25-7-5-24(6-8-25)21(26)16-11-17(27-3)13-18(12-16)28-4/h9-13H,5-8H2,1-4H3. The van der Waals surface area contributed by atoms with E-state index in [0.717, 1.165) is 23.7 Å². The topological polar surface area (TPSA) is 54.9 Å². The average Bonchev–Trinajstić information content (AvgIpc) is 3.17. The molecule has 1 amide bonds. The first kappa shape index (κ1) is 19.5. The minimum atomic E-state index is -0.00220. The van der Waals surface area contributed by atoms with Gasteiger partial charge >= 0.3 is 0 Å². The van der Waals surface area contributed by atoms with Crippen LogP contribution in [0.4, 0.5) is 5.13 Å². The molecule has 1 aromatic heterocycles. The zero-order valence-corrected chi connectivity index (χ0v) is 18.0. The van der Waals surface area contributed by atoms with Crippen LogP contribution >= 0.6 is 11.3 Å². The van der Waals surface area contributed by atoms with E-state index in [-0.39, 0.29) is 5.91 Å². The van der Waals surface area contributed by atoms with Crippen molar-refractivity contribution >= 4 is 32.6 Å². The molecule has 152 valence electrons. The molecule has 0 unspecified atom stereocenters. The molecule has 2 aromatic carbocycles. The number of aryl methyl sites for hydroxylation is 2. The van der Waals surface area contributed by atoms with Gasteiger partial charge in [0, 0.05) is 37.8 Å². The zero-order chi connectivity index (χ0) is 20.5. The number of hydrogen-bond donors (Lipinski definition) is 0. The van der Waals surface area contributed by atoms with Crippen LogP contribution in [0.2, 0.25) is 0 Å². The summed E-state index contributed by atoms with van der Waals surface area (Å²) in [6, 6.07) is 9.62. The van der Waals surface area contributed by atoms with E-state index in [1.54, 1.807) is 43.8 Å². The average molecular weight is 412 g/mol. The predicted molar refractivity (Wildman–Crippen MR) is 117 cm³/mol. The van der Waals surface area contributed by atoms with E-state index in [0.29, 0.717) is 30.2 Å². The molecular weight excluding hydrogens is 386 g/mol. The highest BCUT2D eigenvalue weighted by atomic mass is 32.1. The summed E-state index contributed by atoms with van der Waals surface area (Å²) in [4.78, 5) is 22.0. The highest BCUT2D eigenvalue weighted by molar-refractivity contribution is 7.22. The van der Waals surface area contributed by atoms with E-state index in [1.807, 2.05) is 4.90 Å². The summed E-state index contributed by atoms with van der Waals surface area (Å²) in [5.74, 6) is 1.23. The maximum Gasteiger partial charge on any atom is 0.254 e. The number of hydrogen-bond acceptors (Lipinski definition) is 6. The monoisotopic (exact) mass is 411 g/mol. The second-order valence-corrected chi connectivity index (χ2v) is 8.28. The van der Waals surface area contributed by atoms with Crippen molar-refractivity contribution in [3.8, 4) is 11.5 Å². The van der Waals surface area contributed by atoms with Gasteiger partial charge in [-0.1, -0.05) is 17.4 Å². The molecule has 0 aliphatic carbocycles. The van der Waals surface area contributed by atoms with E-state index < -0.39 is 0 Å². The van der Waals surface area contributed by atoms with Crippen molar-refractivity contribution in [2.24, 2.45) is 0 Å². The SMILES string of the molecule is COc1cc(OC)cc(C(=O)N2CCN(c3nc4cc(C)cc(C)c4s3)CC2)c1. The van der Waals surface area contributed by atoms with E-state index in [1.165, 1.54) is 15.8 Å². The van der Waals surface area contributed by atoms with E-state index >= 15 is 0 Å². The number of carbonyl (C=O) groups is 1. The molecule has 3 aromatic rings. The van der Waals surface area contributed by atoms with Crippen LogP contribution < -0.4 is 14.4 Å². The third kappa shape index (κ3) is 3.87. The van der Waals surface area contributed by atoms with Gasteiger partial charge in [-0.15, -0.1) is 0 Å². The van der Waals surface area contributed by atoms with Gasteiger partial charge in [-0.05, 0) is 43.2 Å². The van der Waals surface area contributed by atoms with Gasteiger partial charge in [-0.25, -0.2) is 4.98 Å². The summed E-state index contributed by atoms with van der Waals surface area (Å²) in [6.07, 6.45) is 0. The summed E-state index contributed by atoms with van der Waals surface area (Å²) in [5, 5.41) is 1.03. The Balaban J connectivity index is 1.48. The molecule has 4 rings (SSSR count). The number of benzene rings is 2. The Bertz CT molecular complexity index is 1030. The maximum absolute atomic E-state index is 13.0. The quantitative estimate of drug-likeness (QED) is 0.652. The molecule has 6 nitrogen and oxygen atoms in total. The molecule has 1 aliphatic rings. The molecule has 7 heteroatoms. The van der Waals surface area contributed by atoms with E-state index in [9.17, 15) is 4.79 Å². The van der Waals surface area contributed by atoms with E-state index in [2.05, 4.69) is 30.9 Å². The lowest BCUT2D eigenvalue weighted by molar-refractivity contribution is 0.0746. The first-order chi connectivity index (χ1) is 14.0. The normalized spacial score (nSPS) is 14.3. The van der Waals surface area contributed by atoms with Crippen molar-refractivity contribution < 1.29 is 14.3 Å². The van der Waals surface area contributed by atoms with Crippen LogP contribution in [0.5, 0.6) is 11.5 Å². The Kier molecular flexibility index (Phi) is 5.32. The van der Waals surface area contributed by atoms with Gasteiger partial charge in [0.25, 0.3) is 5.91 Å². The third-order valence-corrected chi connectivity index (χ3v) is 6.51. The number of nitrogens with zero attached hydrogens (tertiary/aromatic N) is 3. The Hall–Kier alpha value is -2.80. The summed E-state index contributed by atoms with van der Waals surface area (Å²) in [5.41, 5.74) is 4.14. The number of carbonyl (C=O) groups excluding carboxylic acids is 1. The highest BCUT2D eigenvalue weighted by Crippen LogP contribution is 2.32. The molecule has 1 saturated heterocycles. The molecule has 0 atom stereocenters. The van der Waals surface area contributed by atoms with Gasteiger partial charge in [0.2, 0.25) is 0 Å². The summed E-state index contributed by atoms with van der Waals surface area (Å²) >= 11 is 1.73. The minimum absolute atomic E-state index is 0.00220. The number of thiazole rings is 1. The summed E-state index contributed by atoms with van der Waals surface area (Å²) < 4.78 is 11.8. The second-order valence-electron chi connectivity index (χ2n) is 7.31. The number of aromatic nitrogens is 1. The first-order valence-electron chi connectivity index (χ1n) is 9.63. The minimum Gasteiger partial charge on any atom is -0.497 e. The van der Waals surface area contributed by atoms with Gasteiger partial charge in [0.05, 0.1) is 24.4 Å². The number of rotatable bonds is 4. The molecule has 1 fully saturated rings. The molecule has 1 aliphatic heterocycles. The molecule has 0 N–H and O–H groups in total. The molecule has 0 saturated carbocycles. The van der Waals surface area contributed by atoms with Gasteiger partial charge in [0.1, 0.15) is 11.5 Å². The van der Waals surface area contributed by atoms with Gasteiger partial charge in [-0.2, -0.15) is 0 Å². The van der Waals surface area contributed by atoms with Crippen molar-refractivity contribution in [3.05, 3.63) is 47.0 Å².